The molecule has 112 valence electrons. The van der Waals surface area contributed by atoms with Gasteiger partial charge in [-0.25, -0.2) is 0 Å². The minimum Gasteiger partial charge on any atom is -0.350 e. The van der Waals surface area contributed by atoms with E-state index in [9.17, 15) is 4.79 Å². The van der Waals surface area contributed by atoms with Gasteiger partial charge in [-0.1, -0.05) is 29.8 Å². The fourth-order valence-electron chi connectivity index (χ4n) is 2.59. The van der Waals surface area contributed by atoms with Gasteiger partial charge in [0.05, 0.1) is 16.3 Å². The lowest BCUT2D eigenvalue weighted by molar-refractivity contribution is 0.102. The highest BCUT2D eigenvalue weighted by Gasteiger charge is 2.15. The summed E-state index contributed by atoms with van der Waals surface area (Å²) in [6.45, 7) is 4.00. The van der Waals surface area contributed by atoms with Crippen LogP contribution < -0.4 is 5.32 Å². The topological polar surface area (TPSA) is 34.0 Å². The number of fused-ring (bicyclic) bond motifs is 1. The third-order valence-corrected chi connectivity index (χ3v) is 4.08. The van der Waals surface area contributed by atoms with Crippen molar-refractivity contribution in [3.8, 4) is 0 Å². The molecule has 0 saturated heterocycles. The zero-order chi connectivity index (χ0) is 15.9. The summed E-state index contributed by atoms with van der Waals surface area (Å²) in [7, 11) is 1.94. The molecule has 0 atom stereocenters. The molecule has 2 aromatic carbocycles. The normalized spacial score (nSPS) is 10.9. The van der Waals surface area contributed by atoms with Gasteiger partial charge in [-0.2, -0.15) is 0 Å². The van der Waals surface area contributed by atoms with Crippen LogP contribution in [0.2, 0.25) is 5.02 Å². The number of hydrogen-bond donors (Lipinski definition) is 1. The van der Waals surface area contributed by atoms with Crippen LogP contribution in [0.1, 0.15) is 21.5 Å². The average Bonchev–Trinajstić information content (AvgIpc) is 2.79. The molecule has 1 heterocycles. The van der Waals surface area contributed by atoms with Gasteiger partial charge in [-0.05, 0) is 43.2 Å². The summed E-state index contributed by atoms with van der Waals surface area (Å²) < 4.78 is 1.97. The van der Waals surface area contributed by atoms with E-state index in [1.807, 2.05) is 62.0 Å². The van der Waals surface area contributed by atoms with Crippen molar-refractivity contribution in [2.75, 3.05) is 5.32 Å². The van der Waals surface area contributed by atoms with Crippen LogP contribution in [0.5, 0.6) is 0 Å². The van der Waals surface area contributed by atoms with Crippen molar-refractivity contribution in [2.45, 2.75) is 13.8 Å². The molecule has 0 bridgehead atoms. The molecule has 0 spiro atoms. The molecule has 0 aliphatic rings. The van der Waals surface area contributed by atoms with E-state index in [0.717, 1.165) is 16.5 Å². The zero-order valence-corrected chi connectivity index (χ0v) is 13.5. The molecule has 0 fully saturated rings. The molecule has 1 amide bonds. The first kappa shape index (κ1) is 14.7. The number of anilines is 1. The molecule has 0 saturated carbocycles. The van der Waals surface area contributed by atoms with E-state index in [-0.39, 0.29) is 5.91 Å². The number of hydrogen-bond acceptors (Lipinski definition) is 1. The quantitative estimate of drug-likeness (QED) is 0.731. The summed E-state index contributed by atoms with van der Waals surface area (Å²) in [5.41, 5.74) is 4.54. The van der Waals surface area contributed by atoms with Crippen molar-refractivity contribution in [3.05, 3.63) is 64.3 Å². The molecule has 3 nitrogen and oxygen atoms in total. The fraction of sp³-hybridized carbons (Fsp3) is 0.167. The number of rotatable bonds is 2. The minimum atomic E-state index is -0.153. The van der Waals surface area contributed by atoms with Crippen LogP contribution in [0.3, 0.4) is 0 Å². The van der Waals surface area contributed by atoms with Gasteiger partial charge in [0.25, 0.3) is 5.91 Å². The smallest absolute Gasteiger partial charge is 0.257 e. The van der Waals surface area contributed by atoms with E-state index in [4.69, 9.17) is 11.6 Å². The predicted molar refractivity (Wildman–Crippen MR) is 91.8 cm³/mol. The first-order chi connectivity index (χ1) is 10.5. The van der Waals surface area contributed by atoms with E-state index < -0.39 is 0 Å². The van der Waals surface area contributed by atoms with Crippen LogP contribution in [0.15, 0.2) is 42.6 Å². The second-order valence-electron chi connectivity index (χ2n) is 5.61. The highest BCUT2D eigenvalue weighted by Crippen LogP contribution is 2.26. The maximum absolute atomic E-state index is 12.6. The number of nitrogens with one attached hydrogen (secondary N) is 1. The van der Waals surface area contributed by atoms with Gasteiger partial charge in [0.2, 0.25) is 0 Å². The van der Waals surface area contributed by atoms with E-state index >= 15 is 0 Å². The fourth-order valence-corrected chi connectivity index (χ4v) is 2.87. The van der Waals surface area contributed by atoms with Gasteiger partial charge in [0.1, 0.15) is 0 Å². The molecule has 3 rings (SSSR count). The van der Waals surface area contributed by atoms with Gasteiger partial charge >= 0.3 is 0 Å². The Morgan fingerprint density at radius 2 is 1.77 bits per heavy atom. The van der Waals surface area contributed by atoms with Crippen LogP contribution in [0.25, 0.3) is 10.9 Å². The SMILES string of the molecule is Cc1ccc(NC(=O)c2cn(C)c3cc(C)ccc23)c(Cl)c1. The molecule has 0 unspecified atom stereocenters. The first-order valence-electron chi connectivity index (χ1n) is 7.09. The Labute approximate surface area is 134 Å². The summed E-state index contributed by atoms with van der Waals surface area (Å²) in [5.74, 6) is -0.153. The molecule has 0 aliphatic heterocycles. The van der Waals surface area contributed by atoms with Crippen molar-refractivity contribution in [3.63, 3.8) is 0 Å². The van der Waals surface area contributed by atoms with Crippen LogP contribution >= 0.6 is 11.6 Å². The van der Waals surface area contributed by atoms with E-state index in [0.29, 0.717) is 16.3 Å². The molecule has 0 aliphatic carbocycles. The molecule has 4 heteroatoms. The van der Waals surface area contributed by atoms with E-state index in [1.54, 1.807) is 0 Å². The molecule has 1 N–H and O–H groups in total. The van der Waals surface area contributed by atoms with Gasteiger partial charge in [0.15, 0.2) is 0 Å². The van der Waals surface area contributed by atoms with Gasteiger partial charge in [-0.15, -0.1) is 0 Å². The third kappa shape index (κ3) is 2.60. The summed E-state index contributed by atoms with van der Waals surface area (Å²) in [6.07, 6.45) is 1.85. The van der Waals surface area contributed by atoms with Crippen LogP contribution in [-0.2, 0) is 7.05 Å². The van der Waals surface area contributed by atoms with Crippen molar-refractivity contribution in [2.24, 2.45) is 7.05 Å². The second-order valence-corrected chi connectivity index (χ2v) is 6.02. The van der Waals surface area contributed by atoms with Gasteiger partial charge in [-0.3, -0.25) is 4.79 Å². The van der Waals surface area contributed by atoms with Crippen molar-refractivity contribution in [1.29, 1.82) is 0 Å². The maximum Gasteiger partial charge on any atom is 0.257 e. The van der Waals surface area contributed by atoms with Crippen molar-refractivity contribution >= 4 is 34.1 Å². The number of amides is 1. The maximum atomic E-state index is 12.6. The molecule has 0 radical (unpaired) electrons. The highest BCUT2D eigenvalue weighted by molar-refractivity contribution is 6.34. The number of halogens is 1. The minimum absolute atomic E-state index is 0.153. The Balaban J connectivity index is 1.99. The van der Waals surface area contributed by atoms with Crippen molar-refractivity contribution in [1.82, 2.24) is 4.57 Å². The summed E-state index contributed by atoms with van der Waals surface area (Å²) in [6, 6.07) is 11.7. The monoisotopic (exact) mass is 312 g/mol. The average molecular weight is 313 g/mol. The Bertz CT molecular complexity index is 880. The Kier molecular flexibility index (Phi) is 3.67. The van der Waals surface area contributed by atoms with Gasteiger partial charge < -0.3 is 9.88 Å². The Morgan fingerprint density at radius 3 is 2.50 bits per heavy atom. The number of benzene rings is 2. The zero-order valence-electron chi connectivity index (χ0n) is 12.8. The standard InChI is InChI=1S/C18H17ClN2O/c1-11-5-7-16(15(19)8-11)20-18(22)14-10-21(3)17-9-12(2)4-6-13(14)17/h4-10H,1-3H3,(H,20,22). The second kappa shape index (κ2) is 5.50. The highest BCUT2D eigenvalue weighted by atomic mass is 35.5. The molecular weight excluding hydrogens is 296 g/mol. The lowest BCUT2D eigenvalue weighted by Crippen LogP contribution is -2.11. The number of aryl methyl sites for hydroxylation is 3. The Hall–Kier alpha value is -2.26. The summed E-state index contributed by atoms with van der Waals surface area (Å²) in [5, 5.41) is 4.37. The molecule has 3 aromatic rings. The molecular formula is C18H17ClN2O. The number of carbonyl (C=O) groups excluding carboxylic acids is 1. The van der Waals surface area contributed by atoms with E-state index in [2.05, 4.69) is 11.4 Å². The van der Waals surface area contributed by atoms with Crippen molar-refractivity contribution < 1.29 is 4.79 Å². The Morgan fingerprint density at radius 1 is 1.09 bits per heavy atom. The van der Waals surface area contributed by atoms with Crippen LogP contribution in [0.4, 0.5) is 5.69 Å². The summed E-state index contributed by atoms with van der Waals surface area (Å²) >= 11 is 6.19. The van der Waals surface area contributed by atoms with E-state index in [1.165, 1.54) is 5.56 Å². The van der Waals surface area contributed by atoms with Gasteiger partial charge in [0, 0.05) is 24.1 Å². The number of aromatic nitrogens is 1. The lowest BCUT2D eigenvalue weighted by Gasteiger charge is -2.07. The van der Waals surface area contributed by atoms with Crippen LogP contribution in [0, 0.1) is 13.8 Å². The summed E-state index contributed by atoms with van der Waals surface area (Å²) in [4.78, 5) is 12.6. The predicted octanol–water partition coefficient (Wildman–Crippen LogP) is 4.70. The molecule has 1 aromatic heterocycles. The largest absolute Gasteiger partial charge is 0.350 e. The number of carbonyl (C=O) groups is 1. The lowest BCUT2D eigenvalue weighted by atomic mass is 10.1. The number of nitrogens with zero attached hydrogens (tertiary/aromatic N) is 1. The molecule has 22 heavy (non-hydrogen) atoms. The van der Waals surface area contributed by atoms with Crippen LogP contribution in [-0.4, -0.2) is 10.5 Å². The third-order valence-electron chi connectivity index (χ3n) is 3.76. The first-order valence-corrected chi connectivity index (χ1v) is 7.46.